The highest BCUT2D eigenvalue weighted by molar-refractivity contribution is 9.10. The summed E-state index contributed by atoms with van der Waals surface area (Å²) < 4.78 is 14.6. The van der Waals surface area contributed by atoms with Crippen LogP contribution in [0.5, 0.6) is 0 Å². The zero-order chi connectivity index (χ0) is 15.3. The van der Waals surface area contributed by atoms with E-state index in [1.165, 1.54) is 6.07 Å². The van der Waals surface area contributed by atoms with Gasteiger partial charge in [-0.25, -0.2) is 4.39 Å². The zero-order valence-electron chi connectivity index (χ0n) is 12.6. The molecule has 1 aromatic carbocycles. The van der Waals surface area contributed by atoms with Crippen LogP contribution >= 0.6 is 15.9 Å². The molecule has 112 valence electrons. The van der Waals surface area contributed by atoms with E-state index in [2.05, 4.69) is 43.6 Å². The molecule has 0 aliphatic heterocycles. The Bertz CT molecular complexity index is 458. The number of hydrogen-bond donors (Lipinski definition) is 0. The Morgan fingerprint density at radius 1 is 1.30 bits per heavy atom. The van der Waals surface area contributed by atoms with E-state index in [0.29, 0.717) is 12.5 Å². The Balaban J connectivity index is 3.12. The molecule has 20 heavy (non-hydrogen) atoms. The van der Waals surface area contributed by atoms with Gasteiger partial charge in [0.05, 0.1) is 5.56 Å². The van der Waals surface area contributed by atoms with Crippen LogP contribution in [0.1, 0.15) is 50.9 Å². The van der Waals surface area contributed by atoms with Crippen LogP contribution < -0.4 is 0 Å². The summed E-state index contributed by atoms with van der Waals surface area (Å²) in [7, 11) is 0. The Morgan fingerprint density at radius 3 is 2.40 bits per heavy atom. The van der Waals surface area contributed by atoms with Crippen molar-refractivity contribution >= 4 is 21.8 Å². The molecule has 0 radical (unpaired) electrons. The molecule has 4 heteroatoms. The van der Waals surface area contributed by atoms with E-state index < -0.39 is 5.82 Å². The van der Waals surface area contributed by atoms with Crippen molar-refractivity contribution in [1.29, 1.82) is 0 Å². The second kappa shape index (κ2) is 7.77. The van der Waals surface area contributed by atoms with E-state index in [-0.39, 0.29) is 17.5 Å². The molecule has 2 nitrogen and oxygen atoms in total. The molecule has 0 bridgehead atoms. The van der Waals surface area contributed by atoms with Crippen molar-refractivity contribution in [2.24, 2.45) is 5.92 Å². The smallest absolute Gasteiger partial charge is 0.257 e. The second-order valence-electron chi connectivity index (χ2n) is 5.45. The van der Waals surface area contributed by atoms with Crippen LogP contribution in [0.4, 0.5) is 4.39 Å². The van der Waals surface area contributed by atoms with Gasteiger partial charge < -0.3 is 4.90 Å². The third kappa shape index (κ3) is 4.30. The van der Waals surface area contributed by atoms with Crippen LogP contribution in [0.25, 0.3) is 0 Å². The normalized spacial score (nSPS) is 11.2. The quantitative estimate of drug-likeness (QED) is 0.721. The molecule has 0 fully saturated rings. The van der Waals surface area contributed by atoms with Gasteiger partial charge in [-0.15, -0.1) is 0 Å². The van der Waals surface area contributed by atoms with Crippen molar-refractivity contribution in [3.8, 4) is 0 Å². The van der Waals surface area contributed by atoms with E-state index in [9.17, 15) is 9.18 Å². The van der Waals surface area contributed by atoms with Crippen molar-refractivity contribution in [2.45, 2.75) is 46.6 Å². The summed E-state index contributed by atoms with van der Waals surface area (Å²) in [6, 6.07) is 4.66. The monoisotopic (exact) mass is 343 g/mol. The van der Waals surface area contributed by atoms with Crippen molar-refractivity contribution in [2.75, 3.05) is 6.54 Å². The lowest BCUT2D eigenvalue weighted by Gasteiger charge is -2.32. The summed E-state index contributed by atoms with van der Waals surface area (Å²) in [6.07, 6.45) is 1.76. The molecule has 0 aliphatic rings. The first-order valence-electron chi connectivity index (χ1n) is 7.16. The summed E-state index contributed by atoms with van der Waals surface area (Å²) in [4.78, 5) is 14.5. The molecule has 1 aromatic rings. The Labute approximate surface area is 129 Å². The fourth-order valence-electron chi connectivity index (χ4n) is 2.34. The fourth-order valence-corrected chi connectivity index (χ4v) is 2.70. The van der Waals surface area contributed by atoms with Gasteiger partial charge in [0.25, 0.3) is 5.91 Å². The molecule has 0 saturated carbocycles. The van der Waals surface area contributed by atoms with Gasteiger partial charge in [-0.2, -0.15) is 0 Å². The maximum absolute atomic E-state index is 13.9. The van der Waals surface area contributed by atoms with Crippen LogP contribution in [0.15, 0.2) is 22.7 Å². The largest absolute Gasteiger partial charge is 0.335 e. The summed E-state index contributed by atoms with van der Waals surface area (Å²) in [5.74, 6) is -0.320. The van der Waals surface area contributed by atoms with Gasteiger partial charge >= 0.3 is 0 Å². The minimum absolute atomic E-state index is 0.145. The minimum atomic E-state index is -0.460. The number of nitrogens with zero attached hydrogens (tertiary/aromatic N) is 1. The number of carbonyl (C=O) groups is 1. The molecular formula is C16H23BrFNO. The van der Waals surface area contributed by atoms with Crippen LogP contribution in [0.3, 0.4) is 0 Å². The molecule has 0 spiro atoms. The van der Waals surface area contributed by atoms with Gasteiger partial charge in [-0.3, -0.25) is 4.79 Å². The van der Waals surface area contributed by atoms with Crippen LogP contribution in [-0.4, -0.2) is 23.4 Å². The molecule has 0 heterocycles. The predicted molar refractivity (Wildman–Crippen MR) is 84.3 cm³/mol. The number of benzene rings is 1. The maximum atomic E-state index is 13.9. The van der Waals surface area contributed by atoms with Crippen LogP contribution in [-0.2, 0) is 0 Å². The number of carbonyl (C=O) groups excluding carboxylic acids is 1. The Morgan fingerprint density at radius 2 is 1.90 bits per heavy atom. The van der Waals surface area contributed by atoms with E-state index in [1.807, 2.05) is 4.90 Å². The molecular weight excluding hydrogens is 321 g/mol. The Kier molecular flexibility index (Phi) is 6.66. The highest BCUT2D eigenvalue weighted by Crippen LogP contribution is 2.21. The molecule has 0 unspecified atom stereocenters. The van der Waals surface area contributed by atoms with Gasteiger partial charge in [0.1, 0.15) is 5.82 Å². The summed E-state index contributed by atoms with van der Waals surface area (Å²) in [6.45, 7) is 8.91. The number of hydrogen-bond acceptors (Lipinski definition) is 1. The van der Waals surface area contributed by atoms with Crippen molar-refractivity contribution in [1.82, 2.24) is 4.90 Å². The Hall–Kier alpha value is -0.900. The first kappa shape index (κ1) is 17.2. The lowest BCUT2D eigenvalue weighted by Crippen LogP contribution is -2.42. The first-order valence-corrected chi connectivity index (χ1v) is 7.95. The average molecular weight is 344 g/mol. The van der Waals surface area contributed by atoms with Crippen molar-refractivity contribution in [3.05, 3.63) is 34.1 Å². The molecule has 1 rings (SSSR count). The minimum Gasteiger partial charge on any atom is -0.335 e. The highest BCUT2D eigenvalue weighted by Gasteiger charge is 2.25. The standard InChI is InChI=1S/C16H23BrFNO/c1-5-13(6-2)19(10-11(3)4)16(20)14-9-12(17)7-8-15(14)18/h7-9,11,13H,5-6,10H2,1-4H3. The third-order valence-electron chi connectivity index (χ3n) is 3.36. The molecule has 0 aromatic heterocycles. The highest BCUT2D eigenvalue weighted by atomic mass is 79.9. The molecule has 0 N–H and O–H groups in total. The molecule has 1 amide bonds. The van der Waals surface area contributed by atoms with Gasteiger partial charge in [-0.1, -0.05) is 43.6 Å². The zero-order valence-corrected chi connectivity index (χ0v) is 14.2. The van der Waals surface area contributed by atoms with Gasteiger partial charge in [0, 0.05) is 17.1 Å². The molecule has 0 aliphatic carbocycles. The van der Waals surface area contributed by atoms with E-state index in [0.717, 1.165) is 17.3 Å². The second-order valence-corrected chi connectivity index (χ2v) is 6.36. The van der Waals surface area contributed by atoms with E-state index >= 15 is 0 Å². The first-order chi connectivity index (χ1) is 9.40. The maximum Gasteiger partial charge on any atom is 0.257 e. The van der Waals surface area contributed by atoms with Gasteiger partial charge in [0.15, 0.2) is 0 Å². The summed E-state index contributed by atoms with van der Waals surface area (Å²) in [5, 5.41) is 0. The summed E-state index contributed by atoms with van der Waals surface area (Å²) in [5.41, 5.74) is 0.145. The lowest BCUT2D eigenvalue weighted by atomic mass is 10.0. The van der Waals surface area contributed by atoms with Crippen LogP contribution in [0.2, 0.25) is 0 Å². The average Bonchev–Trinajstić information content (AvgIpc) is 2.40. The summed E-state index contributed by atoms with van der Waals surface area (Å²) >= 11 is 3.30. The topological polar surface area (TPSA) is 20.3 Å². The van der Waals surface area contributed by atoms with E-state index in [1.54, 1.807) is 12.1 Å². The van der Waals surface area contributed by atoms with E-state index in [4.69, 9.17) is 0 Å². The molecule has 0 saturated heterocycles. The van der Waals surface area contributed by atoms with Crippen molar-refractivity contribution in [3.63, 3.8) is 0 Å². The molecule has 0 atom stereocenters. The lowest BCUT2D eigenvalue weighted by molar-refractivity contribution is 0.0635. The van der Waals surface area contributed by atoms with Gasteiger partial charge in [-0.05, 0) is 37.0 Å². The number of rotatable bonds is 6. The third-order valence-corrected chi connectivity index (χ3v) is 3.86. The number of amides is 1. The number of halogens is 2. The van der Waals surface area contributed by atoms with Crippen molar-refractivity contribution < 1.29 is 9.18 Å². The fraction of sp³-hybridized carbons (Fsp3) is 0.562. The SMILES string of the molecule is CCC(CC)N(CC(C)C)C(=O)c1cc(Br)ccc1F. The van der Waals surface area contributed by atoms with Crippen LogP contribution in [0, 0.1) is 11.7 Å². The van der Waals surface area contributed by atoms with Gasteiger partial charge in [0.2, 0.25) is 0 Å². The predicted octanol–water partition coefficient (Wildman–Crippen LogP) is 4.88.